The van der Waals surface area contributed by atoms with E-state index in [0.717, 1.165) is 48.9 Å². The van der Waals surface area contributed by atoms with Gasteiger partial charge >= 0.3 is 0 Å². The first-order valence-corrected chi connectivity index (χ1v) is 8.06. The molecule has 1 heterocycles. The van der Waals surface area contributed by atoms with Crippen LogP contribution in [0.2, 0.25) is 0 Å². The highest BCUT2D eigenvalue weighted by Gasteiger charge is 2.39. The predicted molar refractivity (Wildman–Crippen MR) is 78.4 cm³/mol. The molecule has 1 aromatic heterocycles. The molecule has 0 saturated heterocycles. The van der Waals surface area contributed by atoms with E-state index < -0.39 is 0 Å². The first-order chi connectivity index (χ1) is 9.49. The number of hydrogen-bond donors (Lipinski definition) is 1. The van der Waals surface area contributed by atoms with Gasteiger partial charge in [-0.2, -0.15) is 0 Å². The van der Waals surface area contributed by atoms with Gasteiger partial charge in [0.15, 0.2) is 0 Å². The number of nitrogens with zero attached hydrogens (tertiary/aromatic N) is 2. The summed E-state index contributed by atoms with van der Waals surface area (Å²) in [5.41, 5.74) is 0.145. The summed E-state index contributed by atoms with van der Waals surface area (Å²) in [5, 5.41) is 11.9. The maximum atomic E-state index is 5.81. The summed E-state index contributed by atoms with van der Waals surface area (Å²) in [6.07, 6.45) is 7.53. The molecule has 20 heavy (non-hydrogen) atoms. The number of fused-ring (bicyclic) bond motifs is 2. The standard InChI is InChI=1S/C16H27N3O/c1-16(2,3)17-7-6-14-18-19-15(20-14)10-13-9-11-4-5-12(13)8-11/h11-13,17H,4-10H2,1-3H3. The van der Waals surface area contributed by atoms with Crippen molar-refractivity contribution in [2.45, 2.75) is 64.8 Å². The first kappa shape index (κ1) is 14.1. The van der Waals surface area contributed by atoms with Crippen LogP contribution in [0.3, 0.4) is 0 Å². The van der Waals surface area contributed by atoms with Crippen LogP contribution in [-0.2, 0) is 12.8 Å². The van der Waals surface area contributed by atoms with Gasteiger partial charge in [-0.1, -0.05) is 6.42 Å². The Bertz CT molecular complexity index is 449. The van der Waals surface area contributed by atoms with Crippen LogP contribution in [-0.4, -0.2) is 22.3 Å². The van der Waals surface area contributed by atoms with Gasteiger partial charge in [0, 0.05) is 24.9 Å². The van der Waals surface area contributed by atoms with Crippen LogP contribution in [0.4, 0.5) is 0 Å². The second-order valence-corrected chi connectivity index (χ2v) is 7.66. The molecule has 3 rings (SSSR count). The summed E-state index contributed by atoms with van der Waals surface area (Å²) >= 11 is 0. The van der Waals surface area contributed by atoms with Crippen LogP contribution in [0.25, 0.3) is 0 Å². The zero-order valence-corrected chi connectivity index (χ0v) is 13.0. The van der Waals surface area contributed by atoms with Crippen molar-refractivity contribution in [3.63, 3.8) is 0 Å². The fraction of sp³-hybridized carbons (Fsp3) is 0.875. The Morgan fingerprint density at radius 1 is 1.15 bits per heavy atom. The number of nitrogens with one attached hydrogen (secondary N) is 1. The van der Waals surface area contributed by atoms with Gasteiger partial charge in [0.25, 0.3) is 0 Å². The van der Waals surface area contributed by atoms with Crippen LogP contribution >= 0.6 is 0 Å². The lowest BCUT2D eigenvalue weighted by Gasteiger charge is -2.19. The zero-order chi connectivity index (χ0) is 14.2. The Morgan fingerprint density at radius 3 is 2.60 bits per heavy atom. The van der Waals surface area contributed by atoms with Crippen LogP contribution in [0.1, 0.15) is 58.2 Å². The van der Waals surface area contributed by atoms with Crippen molar-refractivity contribution in [3.8, 4) is 0 Å². The van der Waals surface area contributed by atoms with Gasteiger partial charge in [-0.25, -0.2) is 0 Å². The van der Waals surface area contributed by atoms with E-state index in [2.05, 4.69) is 36.3 Å². The molecular weight excluding hydrogens is 250 g/mol. The lowest BCUT2D eigenvalue weighted by atomic mass is 9.86. The molecule has 4 nitrogen and oxygen atoms in total. The summed E-state index contributed by atoms with van der Waals surface area (Å²) < 4.78 is 5.81. The molecule has 0 spiro atoms. The Hall–Kier alpha value is -0.900. The third-order valence-corrected chi connectivity index (χ3v) is 4.82. The Balaban J connectivity index is 1.47. The predicted octanol–water partition coefficient (Wildman–Crippen LogP) is 2.98. The van der Waals surface area contributed by atoms with E-state index in [1.54, 1.807) is 0 Å². The Kier molecular flexibility index (Phi) is 3.85. The summed E-state index contributed by atoms with van der Waals surface area (Å²) in [4.78, 5) is 0. The van der Waals surface area contributed by atoms with E-state index in [0.29, 0.717) is 0 Å². The molecule has 2 aliphatic carbocycles. The van der Waals surface area contributed by atoms with Crippen molar-refractivity contribution in [2.24, 2.45) is 17.8 Å². The highest BCUT2D eigenvalue weighted by molar-refractivity contribution is 4.95. The first-order valence-electron chi connectivity index (χ1n) is 8.06. The Labute approximate surface area is 121 Å². The van der Waals surface area contributed by atoms with Crippen LogP contribution < -0.4 is 5.32 Å². The highest BCUT2D eigenvalue weighted by Crippen LogP contribution is 2.49. The zero-order valence-electron chi connectivity index (χ0n) is 13.0. The van der Waals surface area contributed by atoms with Gasteiger partial charge in [0.05, 0.1) is 0 Å². The molecule has 3 atom stereocenters. The van der Waals surface area contributed by atoms with Crippen molar-refractivity contribution in [1.82, 2.24) is 15.5 Å². The smallest absolute Gasteiger partial charge is 0.217 e. The molecule has 0 aliphatic heterocycles. The monoisotopic (exact) mass is 277 g/mol. The lowest BCUT2D eigenvalue weighted by molar-refractivity contribution is 0.302. The lowest BCUT2D eigenvalue weighted by Crippen LogP contribution is -2.37. The van der Waals surface area contributed by atoms with E-state index in [9.17, 15) is 0 Å². The maximum Gasteiger partial charge on any atom is 0.217 e. The molecule has 0 amide bonds. The molecule has 4 heteroatoms. The van der Waals surface area contributed by atoms with Crippen LogP contribution in [0.5, 0.6) is 0 Å². The van der Waals surface area contributed by atoms with Gasteiger partial charge in [-0.3, -0.25) is 0 Å². The van der Waals surface area contributed by atoms with Gasteiger partial charge in [-0.15, -0.1) is 10.2 Å². The topological polar surface area (TPSA) is 51.0 Å². The molecule has 1 N–H and O–H groups in total. The third kappa shape index (κ3) is 3.40. The molecular formula is C16H27N3O. The minimum Gasteiger partial charge on any atom is -0.425 e. The van der Waals surface area contributed by atoms with Gasteiger partial charge in [0.1, 0.15) is 0 Å². The molecule has 1 aromatic rings. The summed E-state index contributed by atoms with van der Waals surface area (Å²) in [6, 6.07) is 0. The van der Waals surface area contributed by atoms with Crippen molar-refractivity contribution in [1.29, 1.82) is 0 Å². The van der Waals surface area contributed by atoms with Crippen molar-refractivity contribution in [3.05, 3.63) is 11.8 Å². The van der Waals surface area contributed by atoms with Gasteiger partial charge in [0.2, 0.25) is 11.8 Å². The normalized spacial score (nSPS) is 29.2. The van der Waals surface area contributed by atoms with Crippen molar-refractivity contribution < 1.29 is 4.42 Å². The average molecular weight is 277 g/mol. The highest BCUT2D eigenvalue weighted by atomic mass is 16.4. The number of aromatic nitrogens is 2. The Morgan fingerprint density at radius 2 is 1.95 bits per heavy atom. The molecule has 2 aliphatic rings. The van der Waals surface area contributed by atoms with Crippen molar-refractivity contribution in [2.75, 3.05) is 6.54 Å². The van der Waals surface area contributed by atoms with E-state index >= 15 is 0 Å². The van der Waals surface area contributed by atoms with Crippen molar-refractivity contribution >= 4 is 0 Å². The van der Waals surface area contributed by atoms with Crippen LogP contribution in [0.15, 0.2) is 4.42 Å². The van der Waals surface area contributed by atoms with E-state index in [1.807, 2.05) is 0 Å². The molecule has 0 radical (unpaired) electrons. The largest absolute Gasteiger partial charge is 0.425 e. The summed E-state index contributed by atoms with van der Waals surface area (Å²) in [6.45, 7) is 7.39. The fourth-order valence-electron chi connectivity index (χ4n) is 3.87. The number of rotatable bonds is 5. The summed E-state index contributed by atoms with van der Waals surface area (Å²) in [7, 11) is 0. The fourth-order valence-corrected chi connectivity index (χ4v) is 3.87. The van der Waals surface area contributed by atoms with E-state index in [1.165, 1.54) is 25.7 Å². The minimum atomic E-state index is 0.145. The molecule has 2 bridgehead atoms. The molecule has 112 valence electrons. The van der Waals surface area contributed by atoms with E-state index in [-0.39, 0.29) is 5.54 Å². The minimum absolute atomic E-state index is 0.145. The molecule has 2 saturated carbocycles. The van der Waals surface area contributed by atoms with Gasteiger partial charge < -0.3 is 9.73 Å². The summed E-state index contributed by atoms with van der Waals surface area (Å²) in [5.74, 6) is 4.35. The van der Waals surface area contributed by atoms with Gasteiger partial charge in [-0.05, 0) is 57.8 Å². The number of hydrogen-bond acceptors (Lipinski definition) is 4. The second-order valence-electron chi connectivity index (χ2n) is 7.66. The second kappa shape index (κ2) is 5.47. The van der Waals surface area contributed by atoms with Crippen LogP contribution in [0, 0.1) is 17.8 Å². The van der Waals surface area contributed by atoms with E-state index in [4.69, 9.17) is 4.42 Å². The quantitative estimate of drug-likeness (QED) is 0.899. The molecule has 2 fully saturated rings. The molecule has 3 unspecified atom stereocenters. The SMILES string of the molecule is CC(C)(C)NCCc1nnc(CC2CC3CCC2C3)o1. The maximum absolute atomic E-state index is 5.81. The average Bonchev–Trinajstić information content (AvgIpc) is 3.04. The third-order valence-electron chi connectivity index (χ3n) is 4.82. The molecule has 0 aromatic carbocycles.